The van der Waals surface area contributed by atoms with E-state index < -0.39 is 16.0 Å². The minimum Gasteiger partial charge on any atom is -0.495 e. The van der Waals surface area contributed by atoms with E-state index in [1.807, 2.05) is 6.92 Å². The van der Waals surface area contributed by atoms with Gasteiger partial charge < -0.3 is 9.47 Å². The Morgan fingerprint density at radius 3 is 2.67 bits per heavy atom. The highest BCUT2D eigenvalue weighted by molar-refractivity contribution is 7.89. The van der Waals surface area contributed by atoms with Gasteiger partial charge in [0.1, 0.15) is 17.3 Å². The van der Waals surface area contributed by atoms with Crippen LogP contribution in [0.5, 0.6) is 5.75 Å². The van der Waals surface area contributed by atoms with Gasteiger partial charge in [-0.25, -0.2) is 22.9 Å². The van der Waals surface area contributed by atoms with E-state index in [2.05, 4.69) is 9.71 Å². The van der Waals surface area contributed by atoms with Gasteiger partial charge in [0, 0.05) is 24.9 Å². The number of benzene rings is 1. The summed E-state index contributed by atoms with van der Waals surface area (Å²) < 4.78 is 36.7. The van der Waals surface area contributed by atoms with E-state index in [-0.39, 0.29) is 23.2 Å². The Balaban J connectivity index is 2.04. The van der Waals surface area contributed by atoms with Crippen LogP contribution >= 0.6 is 11.3 Å². The first kappa shape index (κ1) is 23.5. The number of esters is 1. The molecule has 0 unspecified atom stereocenters. The average molecular weight is 454 g/mol. The zero-order chi connectivity index (χ0) is 22.3. The van der Waals surface area contributed by atoms with Crippen LogP contribution in [0.4, 0.5) is 5.13 Å². The van der Waals surface area contributed by atoms with Crippen molar-refractivity contribution in [2.45, 2.75) is 25.3 Å². The van der Waals surface area contributed by atoms with E-state index in [4.69, 9.17) is 9.47 Å². The molecule has 0 fully saturated rings. The van der Waals surface area contributed by atoms with Gasteiger partial charge in [-0.15, -0.1) is 11.3 Å². The average Bonchev–Trinajstić information content (AvgIpc) is 3.19. The van der Waals surface area contributed by atoms with Crippen molar-refractivity contribution in [3.63, 3.8) is 0 Å². The molecule has 1 aromatic heterocycles. The van der Waals surface area contributed by atoms with Crippen molar-refractivity contribution in [2.24, 2.45) is 0 Å². The summed E-state index contributed by atoms with van der Waals surface area (Å²) in [7, 11) is -1.05. The first-order chi connectivity index (χ1) is 14.2. The van der Waals surface area contributed by atoms with Gasteiger partial charge in [0.2, 0.25) is 15.9 Å². The quantitative estimate of drug-likeness (QED) is 0.457. The van der Waals surface area contributed by atoms with Crippen LogP contribution in [0.15, 0.2) is 34.6 Å². The van der Waals surface area contributed by atoms with Crippen LogP contribution < -0.4 is 14.4 Å². The maximum absolute atomic E-state index is 12.1. The lowest BCUT2D eigenvalue weighted by Crippen LogP contribution is -2.27. The Bertz CT molecular complexity index is 1050. The second-order valence-electron chi connectivity index (χ2n) is 5.94. The molecule has 0 aliphatic heterocycles. The number of rotatable bonds is 9. The summed E-state index contributed by atoms with van der Waals surface area (Å²) in [6, 6.07) is 4.51. The smallest absolute Gasteiger partial charge is 0.331 e. The summed E-state index contributed by atoms with van der Waals surface area (Å²) in [5, 5.41) is 2.26. The molecule has 1 heterocycles. The van der Waals surface area contributed by atoms with E-state index in [0.717, 1.165) is 0 Å². The number of nitrogens with one attached hydrogen (secondary N) is 1. The second kappa shape index (κ2) is 10.3. The Hall–Kier alpha value is -2.76. The third-order valence-electron chi connectivity index (χ3n) is 3.99. The van der Waals surface area contributed by atoms with E-state index in [1.165, 1.54) is 61.6 Å². The molecule has 11 heteroatoms. The summed E-state index contributed by atoms with van der Waals surface area (Å²) in [4.78, 5) is 29.3. The van der Waals surface area contributed by atoms with Crippen molar-refractivity contribution in [3.05, 3.63) is 40.9 Å². The van der Waals surface area contributed by atoms with Crippen molar-refractivity contribution < 1.29 is 27.5 Å². The van der Waals surface area contributed by atoms with E-state index in [1.54, 1.807) is 11.4 Å². The fourth-order valence-corrected chi connectivity index (χ4v) is 4.30. The maximum Gasteiger partial charge on any atom is 0.331 e. The van der Waals surface area contributed by atoms with Crippen molar-refractivity contribution in [3.8, 4) is 5.75 Å². The van der Waals surface area contributed by atoms with Gasteiger partial charge in [-0.3, -0.25) is 9.69 Å². The number of aromatic nitrogens is 1. The number of hydrogen-bond acceptors (Lipinski definition) is 8. The van der Waals surface area contributed by atoms with E-state index in [0.29, 0.717) is 22.9 Å². The first-order valence-electron chi connectivity index (χ1n) is 8.90. The number of anilines is 1. The van der Waals surface area contributed by atoms with Crippen molar-refractivity contribution >= 4 is 44.4 Å². The van der Waals surface area contributed by atoms with Gasteiger partial charge in [0.15, 0.2) is 5.13 Å². The minimum atomic E-state index is -3.72. The Kier molecular flexibility index (Phi) is 8.09. The molecule has 0 aliphatic rings. The molecule has 0 saturated heterocycles. The van der Waals surface area contributed by atoms with Crippen LogP contribution in [-0.2, 0) is 31.0 Å². The number of thiazole rings is 1. The van der Waals surface area contributed by atoms with E-state index >= 15 is 0 Å². The molecular weight excluding hydrogens is 430 g/mol. The fraction of sp³-hybridized carbons (Fsp3) is 0.316. The third-order valence-corrected chi connectivity index (χ3v) is 6.33. The second-order valence-corrected chi connectivity index (χ2v) is 8.64. The molecule has 1 amide bonds. The molecule has 0 spiro atoms. The minimum absolute atomic E-state index is 0.0380. The highest BCUT2D eigenvalue weighted by Gasteiger charge is 2.18. The zero-order valence-corrected chi connectivity index (χ0v) is 18.7. The standard InChI is InChI=1S/C19H23N3O6S2/c1-5-22(13(2)23)19-21-15(12-29-19)11-28-18(24)9-7-14-6-8-16(27-4)17(10-14)30(25,26)20-3/h6-10,12,20H,5,11H2,1-4H3/b9-7+. The molecule has 2 aromatic rings. The lowest BCUT2D eigenvalue weighted by atomic mass is 10.2. The summed E-state index contributed by atoms with van der Waals surface area (Å²) in [5.74, 6) is -0.537. The molecule has 2 rings (SSSR count). The number of methoxy groups -OCH3 is 1. The molecule has 9 nitrogen and oxygen atoms in total. The fourth-order valence-electron chi connectivity index (χ4n) is 2.45. The van der Waals surface area contributed by atoms with Crippen LogP contribution in [0.3, 0.4) is 0 Å². The van der Waals surface area contributed by atoms with Crippen molar-refractivity contribution in [2.75, 3.05) is 25.6 Å². The highest BCUT2D eigenvalue weighted by Crippen LogP contribution is 2.25. The van der Waals surface area contributed by atoms with Gasteiger partial charge in [-0.1, -0.05) is 6.07 Å². The van der Waals surface area contributed by atoms with Gasteiger partial charge in [0.05, 0.1) is 12.8 Å². The van der Waals surface area contributed by atoms with Crippen LogP contribution in [0.1, 0.15) is 25.1 Å². The van der Waals surface area contributed by atoms with Gasteiger partial charge >= 0.3 is 5.97 Å². The topological polar surface area (TPSA) is 115 Å². The molecule has 1 aromatic carbocycles. The molecule has 162 valence electrons. The molecule has 1 N–H and O–H groups in total. The third kappa shape index (κ3) is 5.88. The van der Waals surface area contributed by atoms with Crippen LogP contribution in [-0.4, -0.2) is 46.0 Å². The number of amides is 1. The predicted octanol–water partition coefficient (Wildman–Crippen LogP) is 2.19. The summed E-state index contributed by atoms with van der Waals surface area (Å²) >= 11 is 1.29. The normalized spacial score (nSPS) is 11.5. The summed E-state index contributed by atoms with van der Waals surface area (Å²) in [6.45, 7) is 3.76. The number of nitrogens with zero attached hydrogens (tertiary/aromatic N) is 2. The number of carbonyl (C=O) groups is 2. The van der Waals surface area contributed by atoms with E-state index in [9.17, 15) is 18.0 Å². The van der Waals surface area contributed by atoms with Crippen LogP contribution in [0.2, 0.25) is 0 Å². The van der Waals surface area contributed by atoms with Gasteiger partial charge in [0.25, 0.3) is 0 Å². The maximum atomic E-state index is 12.1. The molecule has 30 heavy (non-hydrogen) atoms. The predicted molar refractivity (Wildman–Crippen MR) is 114 cm³/mol. The molecule has 0 saturated carbocycles. The summed E-state index contributed by atoms with van der Waals surface area (Å²) in [6.07, 6.45) is 2.64. The molecule has 0 radical (unpaired) electrons. The lowest BCUT2D eigenvalue weighted by Gasteiger charge is -2.14. The van der Waals surface area contributed by atoms with Gasteiger partial charge in [-0.2, -0.15) is 0 Å². The summed E-state index contributed by atoms with van der Waals surface area (Å²) in [5.41, 5.74) is 1.01. The number of ether oxygens (including phenoxy) is 2. The molecular formula is C19H23N3O6S2. The SMILES string of the molecule is CCN(C(C)=O)c1nc(COC(=O)/C=C/c2ccc(OC)c(S(=O)(=O)NC)c2)cs1. The first-order valence-corrected chi connectivity index (χ1v) is 11.3. The zero-order valence-electron chi connectivity index (χ0n) is 17.0. The van der Waals surface area contributed by atoms with Crippen molar-refractivity contribution in [1.82, 2.24) is 9.71 Å². The number of sulfonamides is 1. The van der Waals surface area contributed by atoms with Crippen LogP contribution in [0.25, 0.3) is 6.08 Å². The molecule has 0 atom stereocenters. The number of hydrogen-bond donors (Lipinski definition) is 1. The number of carbonyl (C=O) groups excluding carboxylic acids is 2. The largest absolute Gasteiger partial charge is 0.495 e. The highest BCUT2D eigenvalue weighted by atomic mass is 32.2. The lowest BCUT2D eigenvalue weighted by molar-refractivity contribution is -0.139. The Morgan fingerprint density at radius 2 is 2.07 bits per heavy atom. The van der Waals surface area contributed by atoms with Gasteiger partial charge in [-0.05, 0) is 37.7 Å². The molecule has 0 bridgehead atoms. The monoisotopic (exact) mass is 453 g/mol. The molecule has 0 aliphatic carbocycles. The van der Waals surface area contributed by atoms with Crippen LogP contribution in [0, 0.1) is 0 Å². The Morgan fingerprint density at radius 1 is 1.33 bits per heavy atom. The Labute approximate surface area is 179 Å². The van der Waals surface area contributed by atoms with Crippen molar-refractivity contribution in [1.29, 1.82) is 0 Å².